The number of hydrogen-bond acceptors (Lipinski definition) is 3. The molecule has 0 aromatic carbocycles. The molecule has 104 valence electrons. The number of carbonyl (C=O) groups excluding carboxylic acids is 1. The summed E-state index contributed by atoms with van der Waals surface area (Å²) in [6, 6.07) is -0.698. The zero-order valence-corrected chi connectivity index (χ0v) is 11.1. The van der Waals surface area contributed by atoms with Crippen molar-refractivity contribution in [2.24, 2.45) is 0 Å². The zero-order valence-electron chi connectivity index (χ0n) is 11.1. The van der Waals surface area contributed by atoms with Crippen LogP contribution in [0.1, 0.15) is 43.0 Å². The molecule has 1 aromatic rings. The maximum Gasteiger partial charge on any atom is 0.326 e. The molecular weight excluding hydrogens is 246 g/mol. The van der Waals surface area contributed by atoms with Gasteiger partial charge >= 0.3 is 5.97 Å². The van der Waals surface area contributed by atoms with E-state index < -0.39 is 12.0 Å². The van der Waals surface area contributed by atoms with Crippen LogP contribution in [0.15, 0.2) is 12.4 Å². The van der Waals surface area contributed by atoms with E-state index in [1.54, 1.807) is 10.9 Å². The molecule has 6 nitrogen and oxygen atoms in total. The molecule has 19 heavy (non-hydrogen) atoms. The number of nitrogens with zero attached hydrogens (tertiary/aromatic N) is 3. The maximum absolute atomic E-state index is 12.3. The number of carboxylic acids is 1. The third-order valence-electron chi connectivity index (χ3n) is 3.38. The number of amides is 1. The van der Waals surface area contributed by atoms with Gasteiger partial charge in [-0.3, -0.25) is 9.48 Å². The lowest BCUT2D eigenvalue weighted by Gasteiger charge is -2.32. The van der Waals surface area contributed by atoms with E-state index in [1.807, 2.05) is 6.92 Å². The second-order valence-electron chi connectivity index (χ2n) is 4.84. The first-order chi connectivity index (χ1) is 9.13. The Kier molecular flexibility index (Phi) is 4.19. The van der Waals surface area contributed by atoms with Crippen molar-refractivity contribution in [3.63, 3.8) is 0 Å². The monoisotopic (exact) mass is 265 g/mol. The van der Waals surface area contributed by atoms with Gasteiger partial charge in [0, 0.05) is 19.3 Å². The van der Waals surface area contributed by atoms with Gasteiger partial charge in [-0.15, -0.1) is 0 Å². The highest BCUT2D eigenvalue weighted by atomic mass is 16.4. The van der Waals surface area contributed by atoms with Crippen molar-refractivity contribution >= 4 is 11.9 Å². The molecule has 1 fully saturated rings. The van der Waals surface area contributed by atoms with Gasteiger partial charge in [0.2, 0.25) is 0 Å². The van der Waals surface area contributed by atoms with E-state index in [2.05, 4.69) is 5.10 Å². The Balaban J connectivity index is 2.14. The summed E-state index contributed by atoms with van der Waals surface area (Å²) in [6.45, 7) is 3.30. The number of piperidine rings is 1. The molecule has 6 heteroatoms. The number of aliphatic carboxylic acids is 1. The highest BCUT2D eigenvalue weighted by Gasteiger charge is 2.32. The van der Waals surface area contributed by atoms with Crippen LogP contribution in [0.3, 0.4) is 0 Å². The predicted molar refractivity (Wildman–Crippen MR) is 68.8 cm³/mol. The summed E-state index contributed by atoms with van der Waals surface area (Å²) < 4.78 is 1.72. The van der Waals surface area contributed by atoms with Gasteiger partial charge < -0.3 is 10.0 Å². The van der Waals surface area contributed by atoms with Gasteiger partial charge in [0.25, 0.3) is 5.91 Å². The minimum Gasteiger partial charge on any atom is -0.480 e. The van der Waals surface area contributed by atoms with E-state index in [-0.39, 0.29) is 5.91 Å². The molecule has 1 aliphatic heterocycles. The summed E-state index contributed by atoms with van der Waals surface area (Å²) >= 11 is 0. The van der Waals surface area contributed by atoms with E-state index in [1.165, 1.54) is 11.1 Å². The molecule has 1 unspecified atom stereocenters. The van der Waals surface area contributed by atoms with Crippen molar-refractivity contribution < 1.29 is 14.7 Å². The van der Waals surface area contributed by atoms with Crippen LogP contribution in [0.2, 0.25) is 0 Å². The lowest BCUT2D eigenvalue weighted by molar-refractivity contribution is -0.143. The Morgan fingerprint density at radius 1 is 1.47 bits per heavy atom. The quantitative estimate of drug-likeness (QED) is 0.892. The van der Waals surface area contributed by atoms with Gasteiger partial charge in [-0.2, -0.15) is 5.10 Å². The summed E-state index contributed by atoms with van der Waals surface area (Å²) in [6.07, 6.45) is 6.40. The molecule has 0 spiro atoms. The van der Waals surface area contributed by atoms with Gasteiger partial charge in [0.15, 0.2) is 0 Å². The Hall–Kier alpha value is -1.85. The summed E-state index contributed by atoms with van der Waals surface area (Å²) in [5.41, 5.74) is 0.474. The number of aryl methyl sites for hydroxylation is 1. The van der Waals surface area contributed by atoms with Crippen LogP contribution in [0.5, 0.6) is 0 Å². The van der Waals surface area contributed by atoms with Gasteiger partial charge in [-0.05, 0) is 25.7 Å². The van der Waals surface area contributed by atoms with Crippen LogP contribution in [-0.2, 0) is 11.3 Å². The molecule has 1 saturated heterocycles. The molecule has 0 bridgehead atoms. The third kappa shape index (κ3) is 2.94. The average molecular weight is 265 g/mol. The van der Waals surface area contributed by atoms with Crippen LogP contribution in [-0.4, -0.2) is 44.3 Å². The van der Waals surface area contributed by atoms with E-state index in [9.17, 15) is 14.7 Å². The highest BCUT2D eigenvalue weighted by molar-refractivity contribution is 5.96. The first-order valence-electron chi connectivity index (χ1n) is 6.69. The van der Waals surface area contributed by atoms with Crippen LogP contribution in [0.4, 0.5) is 0 Å². The normalized spacial score (nSPS) is 19.4. The van der Waals surface area contributed by atoms with Gasteiger partial charge in [0.1, 0.15) is 6.04 Å². The summed E-state index contributed by atoms with van der Waals surface area (Å²) in [7, 11) is 0. The first kappa shape index (κ1) is 13.6. The van der Waals surface area contributed by atoms with Crippen LogP contribution in [0, 0.1) is 0 Å². The molecule has 1 atom stereocenters. The lowest BCUT2D eigenvalue weighted by atomic mass is 10.0. The number of likely N-dealkylation sites (tertiary alicyclic amines) is 1. The molecule has 2 rings (SSSR count). The lowest BCUT2D eigenvalue weighted by Crippen LogP contribution is -2.47. The van der Waals surface area contributed by atoms with Crippen LogP contribution in [0.25, 0.3) is 0 Å². The standard InChI is InChI=1S/C13H19N3O3/c1-2-6-15-9-10(8-14-15)12(17)16-7-4-3-5-11(16)13(18)19/h8-9,11H,2-7H2,1H3,(H,18,19). The number of hydrogen-bond donors (Lipinski definition) is 1. The highest BCUT2D eigenvalue weighted by Crippen LogP contribution is 2.19. The number of aromatic nitrogens is 2. The fourth-order valence-corrected chi connectivity index (χ4v) is 2.42. The van der Waals surface area contributed by atoms with Crippen molar-refractivity contribution in [1.29, 1.82) is 0 Å². The minimum atomic E-state index is -0.922. The molecule has 1 aliphatic rings. The minimum absolute atomic E-state index is 0.227. The third-order valence-corrected chi connectivity index (χ3v) is 3.38. The summed E-state index contributed by atoms with van der Waals surface area (Å²) in [5.74, 6) is -1.15. The van der Waals surface area contributed by atoms with Crippen molar-refractivity contribution in [2.45, 2.75) is 45.2 Å². The average Bonchev–Trinajstić information content (AvgIpc) is 2.87. The molecule has 1 aromatic heterocycles. The van der Waals surface area contributed by atoms with E-state index in [4.69, 9.17) is 0 Å². The Bertz CT molecular complexity index is 469. The van der Waals surface area contributed by atoms with Crippen molar-refractivity contribution in [3.05, 3.63) is 18.0 Å². The van der Waals surface area contributed by atoms with Crippen LogP contribution < -0.4 is 0 Å². The van der Waals surface area contributed by atoms with E-state index in [0.29, 0.717) is 18.5 Å². The molecule has 2 heterocycles. The van der Waals surface area contributed by atoms with Gasteiger partial charge in [0.05, 0.1) is 11.8 Å². The molecular formula is C13H19N3O3. The fraction of sp³-hybridized carbons (Fsp3) is 0.615. The Morgan fingerprint density at radius 2 is 2.26 bits per heavy atom. The number of rotatable bonds is 4. The number of carbonyl (C=O) groups is 2. The van der Waals surface area contributed by atoms with Crippen molar-refractivity contribution in [2.75, 3.05) is 6.54 Å². The van der Waals surface area contributed by atoms with Crippen molar-refractivity contribution in [1.82, 2.24) is 14.7 Å². The Labute approximate surface area is 112 Å². The largest absolute Gasteiger partial charge is 0.480 e. The van der Waals surface area contributed by atoms with Gasteiger partial charge in [-0.1, -0.05) is 6.92 Å². The fourth-order valence-electron chi connectivity index (χ4n) is 2.42. The van der Waals surface area contributed by atoms with Crippen LogP contribution >= 0.6 is 0 Å². The second kappa shape index (κ2) is 5.86. The number of carboxylic acid groups (broad SMARTS) is 1. The molecule has 1 N–H and O–H groups in total. The zero-order chi connectivity index (χ0) is 13.8. The first-order valence-corrected chi connectivity index (χ1v) is 6.69. The smallest absolute Gasteiger partial charge is 0.326 e. The van der Waals surface area contributed by atoms with Gasteiger partial charge in [-0.25, -0.2) is 4.79 Å². The molecule has 1 amide bonds. The second-order valence-corrected chi connectivity index (χ2v) is 4.84. The van der Waals surface area contributed by atoms with E-state index >= 15 is 0 Å². The molecule has 0 saturated carbocycles. The predicted octanol–water partition coefficient (Wildman–Crippen LogP) is 1.37. The molecule has 0 aliphatic carbocycles. The Morgan fingerprint density at radius 3 is 2.95 bits per heavy atom. The van der Waals surface area contributed by atoms with Crippen molar-refractivity contribution in [3.8, 4) is 0 Å². The maximum atomic E-state index is 12.3. The van der Waals surface area contributed by atoms with E-state index in [0.717, 1.165) is 25.8 Å². The molecule has 0 radical (unpaired) electrons. The summed E-state index contributed by atoms with van der Waals surface area (Å²) in [5, 5.41) is 13.3. The summed E-state index contributed by atoms with van der Waals surface area (Å²) in [4.78, 5) is 25.0. The topological polar surface area (TPSA) is 75.4 Å². The SMILES string of the molecule is CCCn1cc(C(=O)N2CCCCC2C(=O)O)cn1.